The van der Waals surface area contributed by atoms with Crippen LogP contribution in [0.3, 0.4) is 0 Å². The second kappa shape index (κ2) is 27.2. The molecule has 0 saturated heterocycles. The Morgan fingerprint density at radius 3 is 1.27 bits per heavy atom. The minimum absolute atomic E-state index is 0.0533. The molecule has 0 aliphatic carbocycles. The van der Waals surface area contributed by atoms with Crippen molar-refractivity contribution < 1.29 is 43.2 Å². The zero-order valence-corrected chi connectivity index (χ0v) is 39.2. The van der Waals surface area contributed by atoms with Gasteiger partial charge in [-0.3, -0.25) is 4.79 Å². The molecule has 0 bridgehead atoms. The van der Waals surface area contributed by atoms with Crippen molar-refractivity contribution in [2.24, 2.45) is 0 Å². The van der Waals surface area contributed by atoms with E-state index in [1.54, 1.807) is 45.0 Å². The van der Waals surface area contributed by atoms with Gasteiger partial charge in [0.15, 0.2) is 0 Å². The van der Waals surface area contributed by atoms with E-state index >= 15 is 0 Å². The van der Waals surface area contributed by atoms with Crippen LogP contribution in [0.4, 0.5) is 9.59 Å². The quantitative estimate of drug-likeness (QED) is 0.0655. The Bertz CT molecular complexity index is 1950. The summed E-state index contributed by atoms with van der Waals surface area (Å²) >= 11 is 0. The number of carboxylic acids is 1. The first-order valence-corrected chi connectivity index (χ1v) is 22.5. The van der Waals surface area contributed by atoms with Crippen LogP contribution >= 0.6 is 0 Å². The fourth-order valence-electron chi connectivity index (χ4n) is 6.35. The standard InChI is InChI=1S/C31H46N2O4.C21H25NO5/c1-6-8-13-21-33(22-14-9-7-2)29(34)28(32-30(35)37-31(3,4)5)23-25-17-19-27(20-18-25)36-24-26-15-11-10-12-16-26;1-21(2,3)27-20(25)22-18(19(23)24)13-15-9-11-17(12-10-15)26-14-16-7-5-4-6-8-16/h10-12,15-20,28H,6-9,13-14,21-24H2,1-5H3,(H,32,35);4-12,18H,13-14H2,1-3H3,(H,22,25)(H,23,24)/t28-;18-/m11/s1. The van der Waals surface area contributed by atoms with E-state index in [1.165, 1.54) is 0 Å². The molecule has 4 aromatic carbocycles. The third kappa shape index (κ3) is 21.8. The van der Waals surface area contributed by atoms with Crippen molar-refractivity contribution in [2.75, 3.05) is 13.1 Å². The van der Waals surface area contributed by atoms with Crippen LogP contribution in [-0.4, -0.2) is 70.4 Å². The fraction of sp³-hybridized carbons (Fsp3) is 0.462. The summed E-state index contributed by atoms with van der Waals surface area (Å²) in [5, 5.41) is 14.6. The number of carboxylic acid groups (broad SMARTS) is 1. The Morgan fingerprint density at radius 1 is 0.531 bits per heavy atom. The second-order valence-corrected chi connectivity index (χ2v) is 17.7. The average Bonchev–Trinajstić information content (AvgIpc) is 3.24. The highest BCUT2D eigenvalue weighted by molar-refractivity contribution is 5.86. The van der Waals surface area contributed by atoms with Crippen molar-refractivity contribution in [3.63, 3.8) is 0 Å². The average molecular weight is 882 g/mol. The number of benzene rings is 4. The Kier molecular flexibility index (Phi) is 22.2. The van der Waals surface area contributed by atoms with E-state index < -0.39 is 41.4 Å². The van der Waals surface area contributed by atoms with Gasteiger partial charge in [-0.25, -0.2) is 14.4 Å². The largest absolute Gasteiger partial charge is 0.489 e. The van der Waals surface area contributed by atoms with Crippen molar-refractivity contribution in [1.82, 2.24) is 15.5 Å². The number of unbranched alkanes of at least 4 members (excludes halogenated alkanes) is 4. The van der Waals surface area contributed by atoms with Crippen LogP contribution < -0.4 is 20.1 Å². The smallest absolute Gasteiger partial charge is 0.408 e. The van der Waals surface area contributed by atoms with E-state index in [0.29, 0.717) is 38.5 Å². The molecule has 0 unspecified atom stereocenters. The molecule has 12 nitrogen and oxygen atoms in total. The molecular formula is C52H71N3O9. The third-order valence-electron chi connectivity index (χ3n) is 9.58. The molecule has 0 heterocycles. The summed E-state index contributed by atoms with van der Waals surface area (Å²) in [6.45, 7) is 17.3. The molecule has 4 aromatic rings. The monoisotopic (exact) mass is 882 g/mol. The molecule has 2 atom stereocenters. The van der Waals surface area contributed by atoms with Crippen LogP contribution in [0.5, 0.6) is 11.5 Å². The molecule has 12 heteroatoms. The molecule has 0 saturated carbocycles. The summed E-state index contributed by atoms with van der Waals surface area (Å²) in [5.41, 5.74) is 2.55. The Balaban J connectivity index is 0.000000357. The van der Waals surface area contributed by atoms with E-state index in [0.717, 1.165) is 66.5 Å². The number of hydrogen-bond donors (Lipinski definition) is 3. The Morgan fingerprint density at radius 2 is 0.906 bits per heavy atom. The molecule has 0 aromatic heterocycles. The van der Waals surface area contributed by atoms with E-state index in [-0.39, 0.29) is 12.3 Å². The number of alkyl carbamates (subject to hydrolysis) is 2. The third-order valence-corrected chi connectivity index (χ3v) is 9.58. The number of amides is 3. The first-order valence-electron chi connectivity index (χ1n) is 22.5. The predicted octanol–water partition coefficient (Wildman–Crippen LogP) is 10.7. The molecule has 0 radical (unpaired) electrons. The zero-order valence-electron chi connectivity index (χ0n) is 39.2. The van der Waals surface area contributed by atoms with Crippen LogP contribution in [0.1, 0.15) is 116 Å². The molecule has 0 fully saturated rings. The number of nitrogens with zero attached hydrogens (tertiary/aromatic N) is 1. The maximum atomic E-state index is 13.7. The molecular weight excluding hydrogens is 811 g/mol. The fourth-order valence-corrected chi connectivity index (χ4v) is 6.35. The SMILES string of the molecule is CC(C)(C)OC(=O)N[C@H](Cc1ccc(OCc2ccccc2)cc1)C(=O)O.CCCCCN(CCCCC)C(=O)[C@@H](Cc1ccc(OCc2ccccc2)cc1)NC(=O)OC(C)(C)C. The summed E-state index contributed by atoms with van der Waals surface area (Å²) in [5.74, 6) is 0.277. The number of carbonyl (C=O) groups is 4. The first kappa shape index (κ1) is 52.3. The summed E-state index contributed by atoms with van der Waals surface area (Å²) in [6.07, 6.45) is 5.46. The minimum Gasteiger partial charge on any atom is -0.489 e. The minimum atomic E-state index is -1.12. The number of nitrogens with one attached hydrogen (secondary N) is 2. The lowest BCUT2D eigenvalue weighted by atomic mass is 10.0. The van der Waals surface area contributed by atoms with E-state index in [9.17, 15) is 24.3 Å². The van der Waals surface area contributed by atoms with Crippen molar-refractivity contribution in [1.29, 1.82) is 0 Å². The Labute approximate surface area is 381 Å². The van der Waals surface area contributed by atoms with Gasteiger partial charge >= 0.3 is 18.2 Å². The van der Waals surface area contributed by atoms with Crippen LogP contribution in [0.2, 0.25) is 0 Å². The number of rotatable bonds is 22. The lowest BCUT2D eigenvalue weighted by molar-refractivity contribution is -0.139. The molecule has 348 valence electrons. The summed E-state index contributed by atoms with van der Waals surface area (Å²) in [7, 11) is 0. The van der Waals surface area contributed by atoms with E-state index in [4.69, 9.17) is 18.9 Å². The summed E-state index contributed by atoms with van der Waals surface area (Å²) < 4.78 is 22.2. The Hall–Kier alpha value is -6.04. The normalized spacial score (nSPS) is 12.1. The van der Waals surface area contributed by atoms with Gasteiger partial charge in [-0.15, -0.1) is 0 Å². The highest BCUT2D eigenvalue weighted by Gasteiger charge is 2.29. The van der Waals surface area contributed by atoms with Gasteiger partial charge in [0.05, 0.1) is 0 Å². The van der Waals surface area contributed by atoms with Crippen molar-refractivity contribution in [3.05, 3.63) is 131 Å². The highest BCUT2D eigenvalue weighted by Crippen LogP contribution is 2.19. The van der Waals surface area contributed by atoms with Crippen LogP contribution in [0, 0.1) is 0 Å². The maximum absolute atomic E-state index is 13.7. The number of ether oxygens (including phenoxy) is 4. The number of carbonyl (C=O) groups excluding carboxylic acids is 3. The van der Waals surface area contributed by atoms with Gasteiger partial charge in [-0.05, 0) is 101 Å². The van der Waals surface area contributed by atoms with Gasteiger partial charge in [0.25, 0.3) is 0 Å². The van der Waals surface area contributed by atoms with Gasteiger partial charge in [0.1, 0.15) is 48.0 Å². The highest BCUT2D eigenvalue weighted by atomic mass is 16.6. The number of aliphatic carboxylic acids is 1. The van der Waals surface area contributed by atoms with Gasteiger partial charge in [0, 0.05) is 25.9 Å². The second-order valence-electron chi connectivity index (χ2n) is 17.7. The maximum Gasteiger partial charge on any atom is 0.408 e. The van der Waals surface area contributed by atoms with Gasteiger partial charge in [0.2, 0.25) is 5.91 Å². The van der Waals surface area contributed by atoms with Crippen LogP contribution in [0.15, 0.2) is 109 Å². The lowest BCUT2D eigenvalue weighted by Gasteiger charge is -2.29. The molecule has 0 spiro atoms. The topological polar surface area (TPSA) is 153 Å². The zero-order chi connectivity index (χ0) is 47.0. The first-order chi connectivity index (χ1) is 30.4. The summed E-state index contributed by atoms with van der Waals surface area (Å²) in [6, 6.07) is 32.9. The summed E-state index contributed by atoms with van der Waals surface area (Å²) in [4.78, 5) is 51.5. The molecule has 3 N–H and O–H groups in total. The molecule has 0 aliphatic rings. The number of hydrogen-bond acceptors (Lipinski definition) is 8. The van der Waals surface area contributed by atoms with Crippen LogP contribution in [-0.2, 0) is 45.1 Å². The lowest BCUT2D eigenvalue weighted by Crippen LogP contribution is -2.51. The van der Waals surface area contributed by atoms with Gasteiger partial charge in [-0.2, -0.15) is 0 Å². The van der Waals surface area contributed by atoms with Gasteiger partial charge in [-0.1, -0.05) is 124 Å². The molecule has 4 rings (SSSR count). The molecule has 3 amide bonds. The van der Waals surface area contributed by atoms with E-state index in [2.05, 4.69) is 24.5 Å². The van der Waals surface area contributed by atoms with Gasteiger partial charge < -0.3 is 39.6 Å². The van der Waals surface area contributed by atoms with E-state index in [1.807, 2.05) is 111 Å². The molecule has 64 heavy (non-hydrogen) atoms. The predicted molar refractivity (Wildman–Crippen MR) is 251 cm³/mol. The van der Waals surface area contributed by atoms with Crippen molar-refractivity contribution in [3.8, 4) is 11.5 Å². The van der Waals surface area contributed by atoms with Crippen molar-refractivity contribution >= 4 is 24.1 Å². The molecule has 0 aliphatic heterocycles. The van der Waals surface area contributed by atoms with Crippen LogP contribution in [0.25, 0.3) is 0 Å². The van der Waals surface area contributed by atoms with Crippen molar-refractivity contribution in [2.45, 2.75) is 143 Å².